The monoisotopic (exact) mass is 405 g/mol. The summed E-state index contributed by atoms with van der Waals surface area (Å²) < 4.78 is 5.85. The molecule has 1 fully saturated rings. The molecule has 1 aliphatic rings. The third kappa shape index (κ3) is 8.44. The van der Waals surface area contributed by atoms with Crippen LogP contribution in [0.25, 0.3) is 0 Å². The van der Waals surface area contributed by atoms with Crippen molar-refractivity contribution in [1.82, 2.24) is 5.32 Å². The minimum absolute atomic E-state index is 0.156. The Morgan fingerprint density at radius 2 is 1.66 bits per heavy atom. The maximum absolute atomic E-state index is 11.6. The number of hydrogen-bond acceptors (Lipinski definition) is 4. The van der Waals surface area contributed by atoms with Crippen molar-refractivity contribution in [3.63, 3.8) is 0 Å². The molecular weight excluding hydrogens is 370 g/mol. The number of aliphatic carboxylic acids is 2. The van der Waals surface area contributed by atoms with E-state index in [1.54, 1.807) is 0 Å². The summed E-state index contributed by atoms with van der Waals surface area (Å²) in [5, 5.41) is 21.7. The highest BCUT2D eigenvalue weighted by atomic mass is 16.5. The van der Waals surface area contributed by atoms with Crippen molar-refractivity contribution >= 4 is 11.9 Å². The van der Waals surface area contributed by atoms with Crippen LogP contribution >= 0.6 is 0 Å². The van der Waals surface area contributed by atoms with Gasteiger partial charge in [0.1, 0.15) is 17.8 Å². The highest BCUT2D eigenvalue weighted by Gasteiger charge is 2.26. The van der Waals surface area contributed by atoms with Gasteiger partial charge in [-0.15, -0.1) is 0 Å². The molecule has 0 bridgehead atoms. The van der Waals surface area contributed by atoms with Crippen molar-refractivity contribution in [3.8, 4) is 5.75 Å². The van der Waals surface area contributed by atoms with Crippen LogP contribution in [0.1, 0.15) is 64.4 Å². The van der Waals surface area contributed by atoms with E-state index in [2.05, 4.69) is 5.32 Å². The number of nitrogens with one attached hydrogen (secondary N) is 1. The van der Waals surface area contributed by atoms with E-state index in [0.717, 1.165) is 23.7 Å². The molecule has 0 spiro atoms. The SMILES string of the molecule is CC(C)CC(NC(Cc1ccc(OCCC2CCCCC2)cc1)C(=O)O)C(=O)O. The fraction of sp³-hybridized carbons (Fsp3) is 0.652. The molecule has 6 nitrogen and oxygen atoms in total. The smallest absolute Gasteiger partial charge is 0.321 e. The molecule has 1 aromatic rings. The van der Waals surface area contributed by atoms with E-state index in [4.69, 9.17) is 4.74 Å². The zero-order valence-electron chi connectivity index (χ0n) is 17.6. The van der Waals surface area contributed by atoms with Gasteiger partial charge in [-0.25, -0.2) is 0 Å². The summed E-state index contributed by atoms with van der Waals surface area (Å²) in [4.78, 5) is 23.1. The van der Waals surface area contributed by atoms with Crippen LogP contribution in [0.3, 0.4) is 0 Å². The predicted octanol–water partition coefficient (Wildman–Crippen LogP) is 4.12. The van der Waals surface area contributed by atoms with E-state index in [0.29, 0.717) is 13.0 Å². The topological polar surface area (TPSA) is 95.9 Å². The maximum atomic E-state index is 11.6. The van der Waals surface area contributed by atoms with E-state index in [1.807, 2.05) is 38.1 Å². The first-order valence-corrected chi connectivity index (χ1v) is 10.8. The molecule has 162 valence electrons. The number of carbonyl (C=O) groups is 2. The van der Waals surface area contributed by atoms with E-state index < -0.39 is 24.0 Å². The molecule has 0 heterocycles. The molecule has 2 unspecified atom stereocenters. The van der Waals surface area contributed by atoms with Crippen LogP contribution in [0, 0.1) is 11.8 Å². The van der Waals surface area contributed by atoms with Gasteiger partial charge < -0.3 is 14.9 Å². The van der Waals surface area contributed by atoms with E-state index in [9.17, 15) is 19.8 Å². The van der Waals surface area contributed by atoms with Crippen molar-refractivity contribution in [1.29, 1.82) is 0 Å². The lowest BCUT2D eigenvalue weighted by molar-refractivity contribution is -0.142. The first kappa shape index (κ1) is 23.2. The normalized spacial score (nSPS) is 17.1. The van der Waals surface area contributed by atoms with E-state index >= 15 is 0 Å². The molecular formula is C23H35NO5. The molecule has 3 N–H and O–H groups in total. The van der Waals surface area contributed by atoms with Gasteiger partial charge in [0, 0.05) is 0 Å². The van der Waals surface area contributed by atoms with Crippen LogP contribution < -0.4 is 10.1 Å². The zero-order chi connectivity index (χ0) is 21.2. The van der Waals surface area contributed by atoms with Crippen molar-refractivity contribution in [2.75, 3.05) is 6.61 Å². The van der Waals surface area contributed by atoms with Gasteiger partial charge in [0.05, 0.1) is 6.61 Å². The highest BCUT2D eigenvalue weighted by molar-refractivity contribution is 5.77. The van der Waals surface area contributed by atoms with Crippen LogP contribution in [0.2, 0.25) is 0 Å². The summed E-state index contributed by atoms with van der Waals surface area (Å²) in [7, 11) is 0. The van der Waals surface area contributed by atoms with Gasteiger partial charge in [-0.05, 0) is 48.8 Å². The number of carboxylic acids is 2. The Kier molecular flexibility index (Phi) is 9.45. The molecule has 6 heteroatoms. The molecule has 1 aromatic carbocycles. The first-order valence-electron chi connectivity index (χ1n) is 10.8. The molecule has 0 radical (unpaired) electrons. The highest BCUT2D eigenvalue weighted by Crippen LogP contribution is 2.26. The summed E-state index contributed by atoms with van der Waals surface area (Å²) in [6, 6.07) is 5.60. The Morgan fingerprint density at radius 1 is 1.03 bits per heavy atom. The molecule has 29 heavy (non-hydrogen) atoms. The lowest BCUT2D eigenvalue weighted by atomic mass is 9.87. The first-order chi connectivity index (χ1) is 13.8. The summed E-state index contributed by atoms with van der Waals surface area (Å²) in [5.41, 5.74) is 0.832. The molecule has 0 amide bonds. The number of benzene rings is 1. The molecule has 2 atom stereocenters. The lowest BCUT2D eigenvalue weighted by Crippen LogP contribution is -2.48. The molecule has 1 aliphatic carbocycles. The maximum Gasteiger partial charge on any atom is 0.321 e. The van der Waals surface area contributed by atoms with E-state index in [1.165, 1.54) is 32.1 Å². The third-order valence-corrected chi connectivity index (χ3v) is 5.59. The van der Waals surface area contributed by atoms with Crippen LogP contribution in [0.15, 0.2) is 24.3 Å². The summed E-state index contributed by atoms with van der Waals surface area (Å²) in [6.45, 7) is 4.54. The quantitative estimate of drug-likeness (QED) is 0.484. The second-order valence-corrected chi connectivity index (χ2v) is 8.57. The predicted molar refractivity (Wildman–Crippen MR) is 112 cm³/mol. The Bertz CT molecular complexity index is 637. The number of ether oxygens (including phenoxy) is 1. The van der Waals surface area contributed by atoms with Gasteiger partial charge in [-0.1, -0.05) is 58.1 Å². The second-order valence-electron chi connectivity index (χ2n) is 8.57. The summed E-state index contributed by atoms with van der Waals surface area (Å²) in [6.07, 6.45) is 8.32. The van der Waals surface area contributed by atoms with Gasteiger partial charge in [0.15, 0.2) is 0 Å². The van der Waals surface area contributed by atoms with Gasteiger partial charge in [0.2, 0.25) is 0 Å². The Morgan fingerprint density at radius 3 is 2.21 bits per heavy atom. The van der Waals surface area contributed by atoms with Crippen LogP contribution in [-0.4, -0.2) is 40.8 Å². The largest absolute Gasteiger partial charge is 0.494 e. The van der Waals surface area contributed by atoms with Crippen molar-refractivity contribution in [2.24, 2.45) is 11.8 Å². The van der Waals surface area contributed by atoms with Gasteiger partial charge in [-0.2, -0.15) is 0 Å². The van der Waals surface area contributed by atoms with E-state index in [-0.39, 0.29) is 12.3 Å². The van der Waals surface area contributed by atoms with Crippen molar-refractivity contribution in [3.05, 3.63) is 29.8 Å². The van der Waals surface area contributed by atoms with Crippen LogP contribution in [-0.2, 0) is 16.0 Å². The number of carboxylic acid groups (broad SMARTS) is 2. The summed E-state index contributed by atoms with van der Waals surface area (Å²) >= 11 is 0. The third-order valence-electron chi connectivity index (χ3n) is 5.59. The fourth-order valence-electron chi connectivity index (χ4n) is 3.95. The van der Waals surface area contributed by atoms with Crippen LogP contribution in [0.4, 0.5) is 0 Å². The van der Waals surface area contributed by atoms with Gasteiger partial charge in [0.25, 0.3) is 0 Å². The van der Waals surface area contributed by atoms with Crippen molar-refractivity contribution < 1.29 is 24.5 Å². The lowest BCUT2D eigenvalue weighted by Gasteiger charge is -2.22. The Labute approximate surface area is 173 Å². The average molecular weight is 406 g/mol. The van der Waals surface area contributed by atoms with Gasteiger partial charge >= 0.3 is 11.9 Å². The molecule has 2 rings (SSSR count). The molecule has 0 saturated heterocycles. The standard InChI is InChI=1S/C23H35NO5/c1-16(2)14-20(22(25)26)24-21(23(27)28)15-18-8-10-19(11-9-18)29-13-12-17-6-4-3-5-7-17/h8-11,16-17,20-21,24H,3-7,12-15H2,1-2H3,(H,25,26)(H,27,28). The molecule has 0 aliphatic heterocycles. The van der Waals surface area contributed by atoms with Gasteiger partial charge in [-0.3, -0.25) is 14.9 Å². The zero-order valence-corrected chi connectivity index (χ0v) is 17.6. The minimum atomic E-state index is -1.05. The Balaban J connectivity index is 1.86. The fourth-order valence-corrected chi connectivity index (χ4v) is 3.95. The van der Waals surface area contributed by atoms with Crippen LogP contribution in [0.5, 0.6) is 5.75 Å². The minimum Gasteiger partial charge on any atom is -0.494 e. The second kappa shape index (κ2) is 11.8. The molecule has 0 aromatic heterocycles. The number of rotatable bonds is 12. The molecule has 1 saturated carbocycles. The Hall–Kier alpha value is -2.08. The number of hydrogen-bond donors (Lipinski definition) is 3. The average Bonchev–Trinajstić information content (AvgIpc) is 2.68. The summed E-state index contributed by atoms with van der Waals surface area (Å²) in [5.74, 6) is -0.353. The van der Waals surface area contributed by atoms with Crippen molar-refractivity contribution in [2.45, 2.75) is 77.3 Å².